The Morgan fingerprint density at radius 3 is 2.47 bits per heavy atom. The second-order valence-electron chi connectivity index (χ2n) is 8.47. The van der Waals surface area contributed by atoms with Gasteiger partial charge in [0.15, 0.2) is 0 Å². The van der Waals surface area contributed by atoms with Gasteiger partial charge in [-0.2, -0.15) is 0 Å². The van der Waals surface area contributed by atoms with E-state index < -0.39 is 0 Å². The summed E-state index contributed by atoms with van der Waals surface area (Å²) in [6.45, 7) is 7.76. The third-order valence-electron chi connectivity index (χ3n) is 6.26. The molecule has 1 N–H and O–H groups in total. The van der Waals surface area contributed by atoms with Crippen molar-refractivity contribution in [3.8, 4) is 0 Å². The van der Waals surface area contributed by atoms with Crippen LogP contribution in [0.1, 0.15) is 59.1 Å². The van der Waals surface area contributed by atoms with E-state index >= 15 is 0 Å². The Kier molecular flexibility index (Phi) is 6.69. The van der Waals surface area contributed by atoms with Crippen LogP contribution in [0.15, 0.2) is 72.8 Å². The van der Waals surface area contributed by atoms with E-state index in [9.17, 15) is 4.79 Å². The maximum absolute atomic E-state index is 12.6. The van der Waals surface area contributed by atoms with Gasteiger partial charge < -0.3 is 9.88 Å². The molecule has 4 nitrogen and oxygen atoms in total. The molecular formula is C28H31N3O. The summed E-state index contributed by atoms with van der Waals surface area (Å²) in [6, 6.07) is 24.8. The predicted octanol–water partition coefficient (Wildman–Crippen LogP) is 5.88. The van der Waals surface area contributed by atoms with Crippen molar-refractivity contribution in [1.29, 1.82) is 0 Å². The van der Waals surface area contributed by atoms with E-state index in [0.29, 0.717) is 18.9 Å². The Bertz CT molecular complexity index is 1210. The topological polar surface area (TPSA) is 46.9 Å². The van der Waals surface area contributed by atoms with Gasteiger partial charge in [0, 0.05) is 25.1 Å². The molecule has 4 rings (SSSR count). The quantitative estimate of drug-likeness (QED) is 0.383. The maximum Gasteiger partial charge on any atom is 0.251 e. The summed E-state index contributed by atoms with van der Waals surface area (Å²) < 4.78 is 2.27. The molecule has 1 aromatic heterocycles. The van der Waals surface area contributed by atoms with Crippen LogP contribution < -0.4 is 5.32 Å². The summed E-state index contributed by atoms with van der Waals surface area (Å²) in [5.74, 6) is 1.53. The molecule has 1 unspecified atom stereocenters. The third-order valence-corrected chi connectivity index (χ3v) is 6.26. The molecule has 1 heterocycles. The number of carbonyl (C=O) groups excluding carboxylic acids is 1. The molecule has 0 aliphatic carbocycles. The number of carbonyl (C=O) groups is 1. The minimum absolute atomic E-state index is 0.0357. The first-order valence-electron chi connectivity index (χ1n) is 11.4. The fourth-order valence-electron chi connectivity index (χ4n) is 4.07. The third kappa shape index (κ3) is 4.75. The van der Waals surface area contributed by atoms with E-state index in [1.165, 1.54) is 11.1 Å². The summed E-state index contributed by atoms with van der Waals surface area (Å²) in [6.07, 6.45) is 1.82. The maximum atomic E-state index is 12.6. The van der Waals surface area contributed by atoms with Crippen LogP contribution in [0.2, 0.25) is 0 Å². The van der Waals surface area contributed by atoms with Gasteiger partial charge in [0.05, 0.1) is 11.0 Å². The molecule has 4 aromatic rings. The molecule has 0 bridgehead atoms. The van der Waals surface area contributed by atoms with Crippen LogP contribution in [0.3, 0.4) is 0 Å². The van der Waals surface area contributed by atoms with Crippen LogP contribution in [-0.4, -0.2) is 22.0 Å². The number of aromatic nitrogens is 2. The largest absolute Gasteiger partial charge is 0.352 e. The number of fused-ring (bicyclic) bond motifs is 1. The van der Waals surface area contributed by atoms with Crippen LogP contribution in [0.4, 0.5) is 0 Å². The average Bonchev–Trinajstić information content (AvgIpc) is 3.16. The Labute approximate surface area is 190 Å². The molecule has 0 saturated carbocycles. The van der Waals surface area contributed by atoms with E-state index in [0.717, 1.165) is 41.0 Å². The van der Waals surface area contributed by atoms with Crippen molar-refractivity contribution in [2.75, 3.05) is 6.54 Å². The fourth-order valence-corrected chi connectivity index (χ4v) is 4.07. The van der Waals surface area contributed by atoms with Crippen molar-refractivity contribution >= 4 is 16.9 Å². The van der Waals surface area contributed by atoms with E-state index in [1.54, 1.807) is 0 Å². The van der Waals surface area contributed by atoms with Gasteiger partial charge in [-0.25, -0.2) is 4.98 Å². The van der Waals surface area contributed by atoms with Crippen molar-refractivity contribution < 1.29 is 4.79 Å². The zero-order valence-corrected chi connectivity index (χ0v) is 19.1. The SMILES string of the molecule is CCC(C)c1ccc(Cn2c(CCNC(=O)c3ccccc3C)nc3ccccc32)cc1. The van der Waals surface area contributed by atoms with Gasteiger partial charge in [0.25, 0.3) is 5.91 Å². The summed E-state index contributed by atoms with van der Waals surface area (Å²) in [5.41, 5.74) is 6.46. The molecule has 1 amide bonds. The van der Waals surface area contributed by atoms with Gasteiger partial charge in [0.1, 0.15) is 5.82 Å². The van der Waals surface area contributed by atoms with Crippen molar-refractivity contribution in [3.05, 3.63) is 101 Å². The molecule has 4 heteroatoms. The molecule has 3 aromatic carbocycles. The minimum atomic E-state index is -0.0357. The molecule has 0 aliphatic heterocycles. The molecule has 0 aliphatic rings. The number of hydrogen-bond donors (Lipinski definition) is 1. The van der Waals surface area contributed by atoms with Gasteiger partial charge >= 0.3 is 0 Å². The molecule has 0 saturated heterocycles. The van der Waals surface area contributed by atoms with Gasteiger partial charge in [-0.3, -0.25) is 4.79 Å². The summed E-state index contributed by atoms with van der Waals surface area (Å²) in [7, 11) is 0. The average molecular weight is 426 g/mol. The lowest BCUT2D eigenvalue weighted by atomic mass is 9.97. The van der Waals surface area contributed by atoms with Gasteiger partial charge in [-0.05, 0) is 54.2 Å². The second kappa shape index (κ2) is 9.82. The first-order chi connectivity index (χ1) is 15.6. The molecule has 32 heavy (non-hydrogen) atoms. The number of aryl methyl sites for hydroxylation is 1. The Hall–Kier alpha value is -3.40. The summed E-state index contributed by atoms with van der Waals surface area (Å²) >= 11 is 0. The first kappa shape index (κ1) is 21.8. The molecule has 164 valence electrons. The highest BCUT2D eigenvalue weighted by molar-refractivity contribution is 5.95. The molecule has 0 fully saturated rings. The predicted molar refractivity (Wildman–Crippen MR) is 131 cm³/mol. The Morgan fingerprint density at radius 2 is 1.72 bits per heavy atom. The monoisotopic (exact) mass is 425 g/mol. The number of nitrogens with zero attached hydrogens (tertiary/aromatic N) is 2. The molecule has 0 radical (unpaired) electrons. The van der Waals surface area contributed by atoms with E-state index in [4.69, 9.17) is 4.98 Å². The van der Waals surface area contributed by atoms with Crippen LogP contribution in [-0.2, 0) is 13.0 Å². The van der Waals surface area contributed by atoms with Crippen LogP contribution >= 0.6 is 0 Å². The highest BCUT2D eigenvalue weighted by Crippen LogP contribution is 2.22. The standard InChI is InChI=1S/C28H31N3O/c1-4-20(2)23-15-13-22(14-16-23)19-31-26-12-8-7-11-25(26)30-27(31)17-18-29-28(32)24-10-6-5-9-21(24)3/h5-16,20H,4,17-19H2,1-3H3,(H,29,32). The number of benzene rings is 3. The van der Waals surface area contributed by atoms with E-state index in [1.807, 2.05) is 43.3 Å². The van der Waals surface area contributed by atoms with Crippen molar-refractivity contribution in [2.24, 2.45) is 0 Å². The zero-order chi connectivity index (χ0) is 22.5. The lowest BCUT2D eigenvalue weighted by molar-refractivity contribution is 0.0953. The van der Waals surface area contributed by atoms with E-state index in [-0.39, 0.29) is 5.91 Å². The summed E-state index contributed by atoms with van der Waals surface area (Å²) in [5, 5.41) is 3.06. The molecule has 0 spiro atoms. The van der Waals surface area contributed by atoms with Crippen LogP contribution in [0.25, 0.3) is 11.0 Å². The number of imidazole rings is 1. The van der Waals surface area contributed by atoms with Crippen molar-refractivity contribution in [2.45, 2.75) is 46.1 Å². The number of amides is 1. The van der Waals surface area contributed by atoms with Crippen molar-refractivity contribution in [1.82, 2.24) is 14.9 Å². The van der Waals surface area contributed by atoms with Crippen LogP contribution in [0, 0.1) is 6.92 Å². The van der Waals surface area contributed by atoms with Gasteiger partial charge in [-0.1, -0.05) is 68.4 Å². The van der Waals surface area contributed by atoms with Gasteiger partial charge in [0.2, 0.25) is 0 Å². The Morgan fingerprint density at radius 1 is 1.00 bits per heavy atom. The molecular weight excluding hydrogens is 394 g/mol. The smallest absolute Gasteiger partial charge is 0.251 e. The van der Waals surface area contributed by atoms with E-state index in [2.05, 4.69) is 60.1 Å². The number of nitrogens with one attached hydrogen (secondary N) is 1. The summed E-state index contributed by atoms with van der Waals surface area (Å²) in [4.78, 5) is 17.4. The minimum Gasteiger partial charge on any atom is -0.352 e. The number of para-hydroxylation sites is 2. The number of hydrogen-bond acceptors (Lipinski definition) is 2. The Balaban J connectivity index is 1.51. The highest BCUT2D eigenvalue weighted by Gasteiger charge is 2.13. The van der Waals surface area contributed by atoms with Crippen molar-refractivity contribution in [3.63, 3.8) is 0 Å². The number of rotatable bonds is 8. The van der Waals surface area contributed by atoms with Gasteiger partial charge in [-0.15, -0.1) is 0 Å². The lowest BCUT2D eigenvalue weighted by Gasteiger charge is -2.13. The van der Waals surface area contributed by atoms with Crippen LogP contribution in [0.5, 0.6) is 0 Å². The highest BCUT2D eigenvalue weighted by atomic mass is 16.1. The fraction of sp³-hybridized carbons (Fsp3) is 0.286. The second-order valence-corrected chi connectivity index (χ2v) is 8.47. The molecule has 1 atom stereocenters. The first-order valence-corrected chi connectivity index (χ1v) is 11.4. The lowest BCUT2D eigenvalue weighted by Crippen LogP contribution is -2.27. The normalized spacial score (nSPS) is 12.1. The zero-order valence-electron chi connectivity index (χ0n) is 19.1.